The van der Waals surface area contributed by atoms with E-state index in [-0.39, 0.29) is 23.5 Å². The minimum Gasteiger partial charge on any atom is -0.408 e. The van der Waals surface area contributed by atoms with Crippen molar-refractivity contribution in [3.05, 3.63) is 106 Å². The van der Waals surface area contributed by atoms with E-state index in [9.17, 15) is 23.2 Å². The Balaban J connectivity index is 1.70. The van der Waals surface area contributed by atoms with Crippen molar-refractivity contribution in [2.24, 2.45) is 0 Å². The van der Waals surface area contributed by atoms with Crippen LogP contribution in [0, 0.1) is 11.6 Å². The van der Waals surface area contributed by atoms with E-state index in [1.807, 2.05) is 0 Å². The first-order chi connectivity index (χ1) is 13.9. The molecular formula is C22H13F2NO4. The van der Waals surface area contributed by atoms with E-state index >= 15 is 0 Å². The summed E-state index contributed by atoms with van der Waals surface area (Å²) in [4.78, 5) is 37.1. The third-order valence-electron chi connectivity index (χ3n) is 4.50. The molecule has 0 spiro atoms. The van der Waals surface area contributed by atoms with Gasteiger partial charge < -0.3 is 4.42 Å². The molecule has 4 aromatic rings. The van der Waals surface area contributed by atoms with Gasteiger partial charge in [-0.05, 0) is 36.4 Å². The largest absolute Gasteiger partial charge is 0.420 e. The van der Waals surface area contributed by atoms with E-state index in [1.54, 1.807) is 30.3 Å². The van der Waals surface area contributed by atoms with Gasteiger partial charge in [0.2, 0.25) is 0 Å². The average Bonchev–Trinajstić information content (AvgIpc) is 3.04. The SMILES string of the molecule is O=C(Cn1c(=O)oc2cc(C(=O)c3cc(F)ccc3F)ccc21)c1ccccc1. The number of nitrogens with zero attached hydrogens (tertiary/aromatic N) is 1. The molecule has 0 saturated carbocycles. The van der Waals surface area contributed by atoms with Gasteiger partial charge in [0, 0.05) is 11.1 Å². The van der Waals surface area contributed by atoms with Crippen LogP contribution >= 0.6 is 0 Å². The lowest BCUT2D eigenvalue weighted by molar-refractivity contribution is 0.0969. The van der Waals surface area contributed by atoms with Crippen LogP contribution in [-0.4, -0.2) is 16.1 Å². The Bertz CT molecular complexity index is 1310. The lowest BCUT2D eigenvalue weighted by Gasteiger charge is -2.04. The zero-order valence-electron chi connectivity index (χ0n) is 14.9. The summed E-state index contributed by atoms with van der Waals surface area (Å²) in [5.74, 6) is -3.39. The molecule has 0 aliphatic heterocycles. The molecule has 0 N–H and O–H groups in total. The van der Waals surface area contributed by atoms with E-state index in [4.69, 9.17) is 4.42 Å². The number of oxazole rings is 1. The fraction of sp³-hybridized carbons (Fsp3) is 0.0455. The normalized spacial score (nSPS) is 11.0. The molecule has 0 radical (unpaired) electrons. The van der Waals surface area contributed by atoms with E-state index in [0.717, 1.165) is 22.8 Å². The van der Waals surface area contributed by atoms with Gasteiger partial charge in [0.25, 0.3) is 0 Å². The summed E-state index contributed by atoms with van der Waals surface area (Å²) in [6.45, 7) is -0.234. The highest BCUT2D eigenvalue weighted by atomic mass is 19.1. The highest BCUT2D eigenvalue weighted by Gasteiger charge is 2.19. The zero-order valence-corrected chi connectivity index (χ0v) is 14.9. The van der Waals surface area contributed by atoms with Gasteiger partial charge in [0.1, 0.15) is 11.6 Å². The molecule has 0 saturated heterocycles. The molecule has 0 unspecified atom stereocenters. The first kappa shape index (κ1) is 18.5. The van der Waals surface area contributed by atoms with Crippen molar-refractivity contribution in [1.29, 1.82) is 0 Å². The standard InChI is InChI=1S/C22H13F2NO4/c23-15-7-8-17(24)16(11-15)21(27)14-6-9-18-20(10-14)29-22(28)25(18)12-19(26)13-4-2-1-3-5-13/h1-11H,12H2. The number of benzene rings is 3. The number of Topliss-reactive ketones (excluding diaryl/α,β-unsaturated/α-hetero) is 1. The molecule has 5 nitrogen and oxygen atoms in total. The molecule has 0 fully saturated rings. The minimum atomic E-state index is -0.857. The zero-order chi connectivity index (χ0) is 20.5. The quantitative estimate of drug-likeness (QED) is 0.481. The number of hydrogen-bond acceptors (Lipinski definition) is 4. The Morgan fingerprint density at radius 3 is 2.41 bits per heavy atom. The number of halogens is 2. The Hall–Kier alpha value is -3.87. The number of aromatic nitrogens is 1. The maximum atomic E-state index is 13.9. The van der Waals surface area contributed by atoms with Gasteiger partial charge in [-0.2, -0.15) is 0 Å². The second kappa shape index (κ2) is 7.27. The predicted octanol–water partition coefficient (Wildman–Crippen LogP) is 3.99. The Labute approximate surface area is 162 Å². The van der Waals surface area contributed by atoms with Crippen molar-refractivity contribution in [2.75, 3.05) is 0 Å². The summed E-state index contributed by atoms with van der Waals surface area (Å²) in [7, 11) is 0. The molecule has 1 heterocycles. The molecule has 0 atom stereocenters. The molecule has 0 aliphatic carbocycles. The summed E-state index contributed by atoms with van der Waals surface area (Å²) in [6, 6.07) is 15.1. The fourth-order valence-corrected chi connectivity index (χ4v) is 3.04. The maximum absolute atomic E-state index is 13.9. The molecule has 144 valence electrons. The number of carbonyl (C=O) groups excluding carboxylic acids is 2. The van der Waals surface area contributed by atoms with Gasteiger partial charge in [-0.1, -0.05) is 30.3 Å². The third kappa shape index (κ3) is 3.50. The van der Waals surface area contributed by atoms with Gasteiger partial charge in [0.05, 0.1) is 17.6 Å². The highest BCUT2D eigenvalue weighted by molar-refractivity contribution is 6.10. The molecule has 1 aromatic heterocycles. The van der Waals surface area contributed by atoms with Crippen molar-refractivity contribution in [3.8, 4) is 0 Å². The van der Waals surface area contributed by atoms with Gasteiger partial charge >= 0.3 is 5.76 Å². The van der Waals surface area contributed by atoms with Crippen molar-refractivity contribution in [2.45, 2.75) is 6.54 Å². The number of rotatable bonds is 5. The fourth-order valence-electron chi connectivity index (χ4n) is 3.04. The Morgan fingerprint density at radius 1 is 0.897 bits per heavy atom. The van der Waals surface area contributed by atoms with Crippen LogP contribution in [0.1, 0.15) is 26.3 Å². The molecule has 0 amide bonds. The van der Waals surface area contributed by atoms with Crippen LogP contribution in [0.4, 0.5) is 8.78 Å². The van der Waals surface area contributed by atoms with Crippen molar-refractivity contribution in [3.63, 3.8) is 0 Å². The van der Waals surface area contributed by atoms with Gasteiger partial charge in [-0.3, -0.25) is 14.2 Å². The van der Waals surface area contributed by atoms with E-state index in [1.165, 1.54) is 18.2 Å². The van der Waals surface area contributed by atoms with Crippen LogP contribution in [0.25, 0.3) is 11.1 Å². The molecule has 0 bridgehead atoms. The smallest absolute Gasteiger partial charge is 0.408 e. The number of hydrogen-bond donors (Lipinski definition) is 0. The van der Waals surface area contributed by atoms with Crippen LogP contribution in [-0.2, 0) is 6.54 Å². The average molecular weight is 393 g/mol. The lowest BCUT2D eigenvalue weighted by atomic mass is 10.0. The van der Waals surface area contributed by atoms with Crippen LogP contribution in [0.2, 0.25) is 0 Å². The summed E-state index contributed by atoms with van der Waals surface area (Å²) < 4.78 is 33.6. The highest BCUT2D eigenvalue weighted by Crippen LogP contribution is 2.20. The van der Waals surface area contributed by atoms with E-state index in [0.29, 0.717) is 11.1 Å². The van der Waals surface area contributed by atoms with E-state index < -0.39 is 28.7 Å². The van der Waals surface area contributed by atoms with Crippen molar-refractivity contribution >= 4 is 22.7 Å². The first-order valence-electron chi connectivity index (χ1n) is 8.65. The maximum Gasteiger partial charge on any atom is 0.420 e. The summed E-state index contributed by atoms with van der Waals surface area (Å²) in [5.41, 5.74) is 0.430. The molecule has 0 aliphatic rings. The molecule has 29 heavy (non-hydrogen) atoms. The molecule has 4 rings (SSSR count). The predicted molar refractivity (Wildman–Crippen MR) is 101 cm³/mol. The lowest BCUT2D eigenvalue weighted by Crippen LogP contribution is -2.20. The number of carbonyl (C=O) groups is 2. The summed E-state index contributed by atoms with van der Waals surface area (Å²) >= 11 is 0. The topological polar surface area (TPSA) is 69.3 Å². The van der Waals surface area contributed by atoms with E-state index in [2.05, 4.69) is 0 Å². The second-order valence-electron chi connectivity index (χ2n) is 6.38. The van der Waals surface area contributed by atoms with Crippen LogP contribution in [0.3, 0.4) is 0 Å². The van der Waals surface area contributed by atoms with Gasteiger partial charge in [0.15, 0.2) is 17.1 Å². The van der Waals surface area contributed by atoms with Gasteiger partial charge in [-0.15, -0.1) is 0 Å². The number of fused-ring (bicyclic) bond motifs is 1. The summed E-state index contributed by atoms with van der Waals surface area (Å²) in [5, 5.41) is 0. The number of ketones is 2. The van der Waals surface area contributed by atoms with Crippen LogP contribution in [0.15, 0.2) is 75.9 Å². The van der Waals surface area contributed by atoms with Crippen molar-refractivity contribution < 1.29 is 22.8 Å². The van der Waals surface area contributed by atoms with Crippen LogP contribution in [0.5, 0.6) is 0 Å². The monoisotopic (exact) mass is 393 g/mol. The first-order valence-corrected chi connectivity index (χ1v) is 8.65. The third-order valence-corrected chi connectivity index (χ3v) is 4.50. The molecule has 7 heteroatoms. The Kier molecular flexibility index (Phi) is 4.64. The van der Waals surface area contributed by atoms with Crippen LogP contribution < -0.4 is 5.76 Å². The van der Waals surface area contributed by atoms with Gasteiger partial charge in [-0.25, -0.2) is 13.6 Å². The Morgan fingerprint density at radius 2 is 1.66 bits per heavy atom. The molecular weight excluding hydrogens is 380 g/mol. The second-order valence-corrected chi connectivity index (χ2v) is 6.38. The molecule has 3 aromatic carbocycles. The minimum absolute atomic E-state index is 0.0253. The summed E-state index contributed by atoms with van der Waals surface area (Å²) in [6.07, 6.45) is 0. The van der Waals surface area contributed by atoms with Crippen molar-refractivity contribution in [1.82, 2.24) is 4.57 Å².